The van der Waals surface area contributed by atoms with Crippen LogP contribution in [0.5, 0.6) is 0 Å². The van der Waals surface area contributed by atoms with Crippen LogP contribution in [-0.4, -0.2) is 11.8 Å². The Morgan fingerprint density at radius 1 is 1.24 bits per heavy atom. The topological polar surface area (TPSA) is 29.1 Å². The third-order valence-electron chi connectivity index (χ3n) is 3.20. The van der Waals surface area contributed by atoms with Crippen LogP contribution in [0.3, 0.4) is 0 Å². The maximum Gasteiger partial charge on any atom is 0.255 e. The second-order valence-electron chi connectivity index (χ2n) is 4.91. The molecular weight excluding hydrogens is 289 g/mol. The fourth-order valence-electron chi connectivity index (χ4n) is 2.06. The van der Waals surface area contributed by atoms with Crippen LogP contribution in [-0.2, 0) is 6.42 Å². The van der Waals surface area contributed by atoms with Gasteiger partial charge < -0.3 is 5.32 Å². The average Bonchev–Trinajstić information content (AvgIpc) is 2.48. The van der Waals surface area contributed by atoms with Gasteiger partial charge in [0, 0.05) is 17.1 Å². The number of benzene rings is 2. The molecule has 2 aromatic rings. The molecule has 2 aromatic carbocycles. The summed E-state index contributed by atoms with van der Waals surface area (Å²) in [7, 11) is 0. The van der Waals surface area contributed by atoms with Gasteiger partial charge in [0.25, 0.3) is 5.91 Å². The zero-order valence-electron chi connectivity index (χ0n) is 11.8. The number of carbonyl (C=O) groups is 1. The Morgan fingerprint density at radius 2 is 2.05 bits per heavy atom. The Kier molecular flexibility index (Phi) is 5.34. The molecule has 0 saturated heterocycles. The molecule has 0 fully saturated rings. The third-order valence-corrected chi connectivity index (χ3v) is 3.47. The maximum absolute atomic E-state index is 13.2. The molecule has 110 valence electrons. The Hall–Kier alpha value is -1.87. The molecule has 0 aliphatic rings. The van der Waals surface area contributed by atoms with E-state index in [-0.39, 0.29) is 11.7 Å². The number of anilines is 1. The minimum Gasteiger partial charge on any atom is -0.322 e. The van der Waals surface area contributed by atoms with E-state index in [2.05, 4.69) is 5.32 Å². The molecule has 0 saturated carbocycles. The second-order valence-corrected chi connectivity index (χ2v) is 5.29. The average molecular weight is 306 g/mol. The van der Waals surface area contributed by atoms with Crippen molar-refractivity contribution in [2.75, 3.05) is 11.2 Å². The summed E-state index contributed by atoms with van der Waals surface area (Å²) in [5.74, 6) is 0.0630. The standard InChI is InChI=1S/C17H17ClFNO/c1-12-10-14(7-8-16(12)19)17(21)20-15-6-2-4-13(11-15)5-3-9-18/h2,4,6-8,10-11H,3,5,9H2,1H3,(H,20,21). The first-order chi connectivity index (χ1) is 10.1. The number of aryl methyl sites for hydroxylation is 2. The number of alkyl halides is 1. The van der Waals surface area contributed by atoms with Crippen molar-refractivity contribution in [2.45, 2.75) is 19.8 Å². The van der Waals surface area contributed by atoms with Crippen LogP contribution in [0.25, 0.3) is 0 Å². The highest BCUT2D eigenvalue weighted by Crippen LogP contribution is 2.15. The lowest BCUT2D eigenvalue weighted by Crippen LogP contribution is -2.12. The normalized spacial score (nSPS) is 10.4. The van der Waals surface area contributed by atoms with Crippen molar-refractivity contribution in [1.29, 1.82) is 0 Å². The lowest BCUT2D eigenvalue weighted by atomic mass is 10.1. The molecule has 1 N–H and O–H groups in total. The van der Waals surface area contributed by atoms with E-state index in [1.54, 1.807) is 13.0 Å². The quantitative estimate of drug-likeness (QED) is 0.806. The Labute approximate surface area is 128 Å². The predicted octanol–water partition coefficient (Wildman–Crippen LogP) is 4.56. The summed E-state index contributed by atoms with van der Waals surface area (Å²) in [5, 5.41) is 2.83. The van der Waals surface area contributed by atoms with Crippen molar-refractivity contribution in [1.82, 2.24) is 0 Å². The largest absolute Gasteiger partial charge is 0.322 e. The highest BCUT2D eigenvalue weighted by atomic mass is 35.5. The fourth-order valence-corrected chi connectivity index (χ4v) is 2.20. The number of amides is 1. The summed E-state index contributed by atoms with van der Waals surface area (Å²) >= 11 is 5.68. The molecule has 0 aliphatic heterocycles. The van der Waals surface area contributed by atoms with Crippen LogP contribution in [0.1, 0.15) is 27.9 Å². The number of nitrogens with one attached hydrogen (secondary N) is 1. The van der Waals surface area contributed by atoms with Gasteiger partial charge in [-0.3, -0.25) is 4.79 Å². The molecular formula is C17H17ClFNO. The molecule has 0 atom stereocenters. The van der Waals surface area contributed by atoms with Crippen LogP contribution in [0.2, 0.25) is 0 Å². The summed E-state index contributed by atoms with van der Waals surface area (Å²) in [6.45, 7) is 1.64. The molecule has 2 rings (SSSR count). The minimum absolute atomic E-state index is 0.243. The van der Waals surface area contributed by atoms with E-state index in [1.165, 1.54) is 12.1 Å². The molecule has 0 unspecified atom stereocenters. The minimum atomic E-state index is -0.311. The first-order valence-corrected chi connectivity index (χ1v) is 7.36. The summed E-state index contributed by atoms with van der Waals surface area (Å²) in [6, 6.07) is 12.0. The van der Waals surface area contributed by atoms with Crippen LogP contribution >= 0.6 is 11.6 Å². The van der Waals surface area contributed by atoms with Crippen molar-refractivity contribution in [3.8, 4) is 0 Å². The van der Waals surface area contributed by atoms with Gasteiger partial charge in [-0.05, 0) is 61.2 Å². The van der Waals surface area contributed by atoms with Crippen molar-refractivity contribution in [3.63, 3.8) is 0 Å². The zero-order valence-corrected chi connectivity index (χ0v) is 12.6. The SMILES string of the molecule is Cc1cc(C(=O)Nc2cccc(CCCCl)c2)ccc1F. The third kappa shape index (κ3) is 4.30. The van der Waals surface area contributed by atoms with Gasteiger partial charge in [0.15, 0.2) is 0 Å². The molecule has 2 nitrogen and oxygen atoms in total. The fraction of sp³-hybridized carbons (Fsp3) is 0.235. The van der Waals surface area contributed by atoms with E-state index in [0.29, 0.717) is 17.0 Å². The first-order valence-electron chi connectivity index (χ1n) is 6.82. The Morgan fingerprint density at radius 3 is 2.76 bits per heavy atom. The number of halogens is 2. The molecule has 0 heterocycles. The molecule has 0 spiro atoms. The van der Waals surface area contributed by atoms with E-state index < -0.39 is 0 Å². The highest BCUT2D eigenvalue weighted by molar-refractivity contribution is 6.17. The molecule has 0 bridgehead atoms. The zero-order chi connectivity index (χ0) is 15.2. The molecule has 0 radical (unpaired) electrons. The van der Waals surface area contributed by atoms with E-state index >= 15 is 0 Å². The first kappa shape index (κ1) is 15.5. The van der Waals surface area contributed by atoms with E-state index in [9.17, 15) is 9.18 Å². The van der Waals surface area contributed by atoms with Crippen molar-refractivity contribution >= 4 is 23.2 Å². The van der Waals surface area contributed by atoms with Gasteiger partial charge in [0.05, 0.1) is 0 Å². The van der Waals surface area contributed by atoms with Gasteiger partial charge in [0.2, 0.25) is 0 Å². The predicted molar refractivity (Wildman–Crippen MR) is 84.6 cm³/mol. The summed E-state index contributed by atoms with van der Waals surface area (Å²) in [4.78, 5) is 12.1. The summed E-state index contributed by atoms with van der Waals surface area (Å²) in [5.41, 5.74) is 2.76. The van der Waals surface area contributed by atoms with E-state index in [1.807, 2.05) is 24.3 Å². The maximum atomic E-state index is 13.2. The van der Waals surface area contributed by atoms with Gasteiger partial charge in [-0.2, -0.15) is 0 Å². The Bertz CT molecular complexity index is 642. The lowest BCUT2D eigenvalue weighted by molar-refractivity contribution is 0.102. The lowest BCUT2D eigenvalue weighted by Gasteiger charge is -2.08. The van der Waals surface area contributed by atoms with Crippen molar-refractivity contribution in [3.05, 3.63) is 65.0 Å². The molecule has 21 heavy (non-hydrogen) atoms. The highest BCUT2D eigenvalue weighted by Gasteiger charge is 2.08. The Balaban J connectivity index is 2.10. The number of hydrogen-bond acceptors (Lipinski definition) is 1. The monoisotopic (exact) mass is 305 g/mol. The van der Waals surface area contributed by atoms with Crippen molar-refractivity contribution < 1.29 is 9.18 Å². The van der Waals surface area contributed by atoms with Gasteiger partial charge in [0.1, 0.15) is 5.82 Å². The van der Waals surface area contributed by atoms with E-state index in [4.69, 9.17) is 11.6 Å². The smallest absolute Gasteiger partial charge is 0.255 e. The van der Waals surface area contributed by atoms with E-state index in [0.717, 1.165) is 24.1 Å². The van der Waals surface area contributed by atoms with Gasteiger partial charge in [-0.15, -0.1) is 11.6 Å². The van der Waals surface area contributed by atoms with Crippen LogP contribution in [0.15, 0.2) is 42.5 Å². The molecule has 4 heteroatoms. The van der Waals surface area contributed by atoms with Gasteiger partial charge in [-0.25, -0.2) is 4.39 Å². The van der Waals surface area contributed by atoms with Gasteiger partial charge in [-0.1, -0.05) is 12.1 Å². The second kappa shape index (κ2) is 7.23. The van der Waals surface area contributed by atoms with Crippen molar-refractivity contribution in [2.24, 2.45) is 0 Å². The summed E-state index contributed by atoms with van der Waals surface area (Å²) < 4.78 is 13.2. The summed E-state index contributed by atoms with van der Waals surface area (Å²) in [6.07, 6.45) is 1.78. The molecule has 1 amide bonds. The van der Waals surface area contributed by atoms with Gasteiger partial charge >= 0.3 is 0 Å². The number of hydrogen-bond donors (Lipinski definition) is 1. The molecule has 0 aliphatic carbocycles. The van der Waals surface area contributed by atoms with Crippen LogP contribution in [0, 0.1) is 12.7 Å². The number of carbonyl (C=O) groups excluding carboxylic acids is 1. The number of rotatable bonds is 5. The molecule has 0 aromatic heterocycles. The van der Waals surface area contributed by atoms with Crippen LogP contribution < -0.4 is 5.32 Å². The van der Waals surface area contributed by atoms with Crippen LogP contribution in [0.4, 0.5) is 10.1 Å².